The average molecular weight is 402 g/mol. The summed E-state index contributed by atoms with van der Waals surface area (Å²) < 4.78 is 36.5. The van der Waals surface area contributed by atoms with Gasteiger partial charge < -0.3 is 10.2 Å². The highest BCUT2D eigenvalue weighted by atomic mass is 32.2. The molecule has 0 spiro atoms. The van der Waals surface area contributed by atoms with Gasteiger partial charge in [0, 0.05) is 29.2 Å². The molecule has 1 aliphatic rings. The quantitative estimate of drug-likeness (QED) is 0.739. The van der Waals surface area contributed by atoms with Gasteiger partial charge in [-0.3, -0.25) is 9.59 Å². The van der Waals surface area contributed by atoms with Gasteiger partial charge in [0.05, 0.1) is 6.42 Å². The van der Waals surface area contributed by atoms with Crippen LogP contribution in [0.4, 0.5) is 13.2 Å². The van der Waals surface area contributed by atoms with Crippen LogP contribution in [0.25, 0.3) is 0 Å². The van der Waals surface area contributed by atoms with Crippen molar-refractivity contribution in [2.24, 2.45) is 5.92 Å². The van der Waals surface area contributed by atoms with Crippen molar-refractivity contribution in [1.29, 1.82) is 0 Å². The largest absolute Gasteiger partial charge is 0.405 e. The first-order valence-electron chi connectivity index (χ1n) is 9.02. The molecule has 8 heteroatoms. The van der Waals surface area contributed by atoms with Gasteiger partial charge in [-0.25, -0.2) is 0 Å². The van der Waals surface area contributed by atoms with Gasteiger partial charge in [0.25, 0.3) is 0 Å². The van der Waals surface area contributed by atoms with Gasteiger partial charge >= 0.3 is 6.18 Å². The Morgan fingerprint density at radius 3 is 2.30 bits per heavy atom. The molecule has 2 rings (SSSR count). The summed E-state index contributed by atoms with van der Waals surface area (Å²) in [6.07, 6.45) is -3.34. The summed E-state index contributed by atoms with van der Waals surface area (Å²) in [5.41, 5.74) is 0.929. The second kappa shape index (κ2) is 9.48. The summed E-state index contributed by atoms with van der Waals surface area (Å²) in [6, 6.07) is 7.90. The van der Waals surface area contributed by atoms with Gasteiger partial charge in [-0.1, -0.05) is 26.0 Å². The molecule has 1 aliphatic heterocycles. The molecule has 0 saturated carbocycles. The van der Waals surface area contributed by atoms with Crippen LogP contribution in [0, 0.1) is 5.92 Å². The zero-order valence-corrected chi connectivity index (χ0v) is 16.3. The summed E-state index contributed by atoms with van der Waals surface area (Å²) in [5, 5.41) is 2.42. The Morgan fingerprint density at radius 2 is 1.78 bits per heavy atom. The van der Waals surface area contributed by atoms with E-state index < -0.39 is 24.5 Å². The minimum atomic E-state index is -4.41. The van der Waals surface area contributed by atoms with E-state index in [1.165, 1.54) is 0 Å². The maximum Gasteiger partial charge on any atom is 0.405 e. The SMILES string of the molecule is CC(C)Sc1ccc(CC(=O)N2CCC(C(=O)NCC(F)(F)F)CC2)cc1. The van der Waals surface area contributed by atoms with Gasteiger partial charge in [-0.15, -0.1) is 11.8 Å². The number of nitrogens with one attached hydrogen (secondary N) is 1. The number of nitrogens with zero attached hydrogens (tertiary/aromatic N) is 1. The fourth-order valence-electron chi connectivity index (χ4n) is 2.97. The Bertz CT molecular complexity index is 639. The number of hydrogen-bond donors (Lipinski definition) is 1. The molecule has 1 fully saturated rings. The second-order valence-electron chi connectivity index (χ2n) is 6.98. The molecule has 1 aromatic carbocycles. The minimum Gasteiger partial charge on any atom is -0.347 e. The van der Waals surface area contributed by atoms with Crippen LogP contribution in [-0.4, -0.2) is 47.8 Å². The van der Waals surface area contributed by atoms with Gasteiger partial charge in [0.1, 0.15) is 6.54 Å². The molecular weight excluding hydrogens is 377 g/mol. The fraction of sp³-hybridized carbons (Fsp3) is 0.579. The highest BCUT2D eigenvalue weighted by molar-refractivity contribution is 7.99. The summed E-state index contributed by atoms with van der Waals surface area (Å²) in [7, 11) is 0. The van der Waals surface area contributed by atoms with Crippen molar-refractivity contribution >= 4 is 23.6 Å². The first kappa shape index (κ1) is 21.6. The molecule has 2 amide bonds. The molecule has 0 atom stereocenters. The molecule has 0 aliphatic carbocycles. The number of halogens is 3. The second-order valence-corrected chi connectivity index (χ2v) is 8.63. The van der Waals surface area contributed by atoms with Crippen molar-refractivity contribution in [1.82, 2.24) is 10.2 Å². The molecule has 1 aromatic rings. The number of likely N-dealkylation sites (tertiary alicyclic amines) is 1. The van der Waals surface area contributed by atoms with Crippen molar-refractivity contribution in [3.05, 3.63) is 29.8 Å². The van der Waals surface area contributed by atoms with E-state index in [2.05, 4.69) is 13.8 Å². The molecule has 1 saturated heterocycles. The highest BCUT2D eigenvalue weighted by Crippen LogP contribution is 2.24. The van der Waals surface area contributed by atoms with Crippen molar-refractivity contribution in [3.63, 3.8) is 0 Å². The van der Waals surface area contributed by atoms with Crippen LogP contribution in [0.1, 0.15) is 32.3 Å². The first-order chi connectivity index (χ1) is 12.6. The number of carbonyl (C=O) groups is 2. The summed E-state index contributed by atoms with van der Waals surface area (Å²) >= 11 is 1.76. The fourth-order valence-corrected chi connectivity index (χ4v) is 3.80. The molecule has 0 bridgehead atoms. The zero-order valence-electron chi connectivity index (χ0n) is 15.5. The van der Waals surface area contributed by atoms with Crippen molar-refractivity contribution in [2.45, 2.75) is 49.4 Å². The summed E-state index contributed by atoms with van der Waals surface area (Å²) in [5.74, 6) is -1.07. The molecule has 0 unspecified atom stereocenters. The Labute approximate surface area is 161 Å². The van der Waals surface area contributed by atoms with Crippen LogP contribution in [0.15, 0.2) is 29.2 Å². The number of alkyl halides is 3. The third-order valence-corrected chi connectivity index (χ3v) is 5.35. The van der Waals surface area contributed by atoms with E-state index in [9.17, 15) is 22.8 Å². The lowest BCUT2D eigenvalue weighted by atomic mass is 9.95. The Kier molecular flexibility index (Phi) is 7.59. The maximum absolute atomic E-state index is 12.4. The van der Waals surface area contributed by atoms with Crippen LogP contribution in [0.3, 0.4) is 0 Å². The van der Waals surface area contributed by atoms with Crippen LogP contribution < -0.4 is 5.32 Å². The smallest absolute Gasteiger partial charge is 0.347 e. The van der Waals surface area contributed by atoms with Crippen molar-refractivity contribution in [2.75, 3.05) is 19.6 Å². The van der Waals surface area contributed by atoms with E-state index in [1.54, 1.807) is 16.7 Å². The van der Waals surface area contributed by atoms with E-state index in [-0.39, 0.29) is 12.3 Å². The van der Waals surface area contributed by atoms with Crippen molar-refractivity contribution in [3.8, 4) is 0 Å². The third kappa shape index (κ3) is 7.44. The number of rotatable bonds is 6. The van der Waals surface area contributed by atoms with Crippen LogP contribution in [0.5, 0.6) is 0 Å². The monoisotopic (exact) mass is 402 g/mol. The van der Waals surface area contributed by atoms with Gasteiger partial charge in [-0.05, 0) is 30.5 Å². The van der Waals surface area contributed by atoms with E-state index >= 15 is 0 Å². The van der Waals surface area contributed by atoms with Crippen LogP contribution in [0.2, 0.25) is 0 Å². The van der Waals surface area contributed by atoms with Crippen LogP contribution in [-0.2, 0) is 16.0 Å². The Hall–Kier alpha value is -1.70. The Morgan fingerprint density at radius 1 is 1.19 bits per heavy atom. The molecule has 1 N–H and O–H groups in total. The van der Waals surface area contributed by atoms with Crippen LogP contribution >= 0.6 is 11.8 Å². The predicted octanol–water partition coefficient (Wildman–Crippen LogP) is 3.65. The van der Waals surface area contributed by atoms with Gasteiger partial charge in [0.15, 0.2) is 0 Å². The normalized spacial score (nSPS) is 15.9. The summed E-state index contributed by atoms with van der Waals surface area (Å²) in [4.78, 5) is 27.1. The standard InChI is InChI=1S/C19H25F3N2O2S/c1-13(2)27-16-5-3-14(4-6-16)11-17(25)24-9-7-15(8-10-24)18(26)23-12-19(20,21)22/h3-6,13,15H,7-12H2,1-2H3,(H,23,26). The topological polar surface area (TPSA) is 49.4 Å². The van der Waals surface area contributed by atoms with E-state index in [1.807, 2.05) is 29.6 Å². The molecule has 0 aromatic heterocycles. The zero-order chi connectivity index (χ0) is 20.0. The molecule has 4 nitrogen and oxygen atoms in total. The average Bonchev–Trinajstić information content (AvgIpc) is 2.60. The molecule has 0 radical (unpaired) electrons. The number of carbonyl (C=O) groups excluding carboxylic acids is 2. The molecule has 150 valence electrons. The minimum absolute atomic E-state index is 0.0200. The number of amides is 2. The lowest BCUT2D eigenvalue weighted by molar-refractivity contribution is -0.142. The lowest BCUT2D eigenvalue weighted by Gasteiger charge is -2.31. The number of benzene rings is 1. The highest BCUT2D eigenvalue weighted by Gasteiger charge is 2.31. The number of thioether (sulfide) groups is 1. The third-order valence-electron chi connectivity index (χ3n) is 4.33. The maximum atomic E-state index is 12.4. The van der Waals surface area contributed by atoms with Gasteiger partial charge in [0.2, 0.25) is 11.8 Å². The lowest BCUT2D eigenvalue weighted by Crippen LogP contribution is -2.45. The van der Waals surface area contributed by atoms with Crippen molar-refractivity contribution < 1.29 is 22.8 Å². The van der Waals surface area contributed by atoms with E-state index in [4.69, 9.17) is 0 Å². The molecule has 1 heterocycles. The van der Waals surface area contributed by atoms with E-state index in [0.29, 0.717) is 31.2 Å². The first-order valence-corrected chi connectivity index (χ1v) is 9.90. The van der Waals surface area contributed by atoms with Gasteiger partial charge in [-0.2, -0.15) is 13.2 Å². The number of hydrogen-bond acceptors (Lipinski definition) is 3. The Balaban J connectivity index is 1.78. The number of piperidine rings is 1. The molecule has 27 heavy (non-hydrogen) atoms. The molecular formula is C19H25F3N2O2S. The van der Waals surface area contributed by atoms with E-state index in [0.717, 1.165) is 10.5 Å². The summed E-state index contributed by atoms with van der Waals surface area (Å²) in [6.45, 7) is 3.72. The predicted molar refractivity (Wildman–Crippen MR) is 99.5 cm³/mol.